The maximum absolute atomic E-state index is 12.2. The van der Waals surface area contributed by atoms with Gasteiger partial charge in [0.25, 0.3) is 0 Å². The van der Waals surface area contributed by atoms with Crippen LogP contribution >= 0.6 is 0 Å². The molecule has 0 aliphatic heterocycles. The highest BCUT2D eigenvalue weighted by atomic mass is 32.2. The van der Waals surface area contributed by atoms with Crippen molar-refractivity contribution >= 4 is 22.1 Å². The van der Waals surface area contributed by atoms with E-state index in [1.165, 1.54) is 29.6 Å². The van der Waals surface area contributed by atoms with Crippen molar-refractivity contribution in [1.82, 2.24) is 4.31 Å². The first-order valence-corrected chi connectivity index (χ1v) is 7.29. The van der Waals surface area contributed by atoms with Crippen LogP contribution in [-0.4, -0.2) is 37.4 Å². The largest absolute Gasteiger partial charge is 0.478 e. The summed E-state index contributed by atoms with van der Waals surface area (Å²) in [5, 5.41) is 8.55. The number of rotatable bonds is 6. The second kappa shape index (κ2) is 6.49. The van der Waals surface area contributed by atoms with E-state index in [0.29, 0.717) is 12.1 Å². The van der Waals surface area contributed by atoms with Gasteiger partial charge in [-0.05, 0) is 30.2 Å². The van der Waals surface area contributed by atoms with Crippen molar-refractivity contribution in [1.29, 1.82) is 0 Å². The minimum Gasteiger partial charge on any atom is -0.478 e. The maximum Gasteiger partial charge on any atom is 0.328 e. The van der Waals surface area contributed by atoms with Gasteiger partial charge >= 0.3 is 5.97 Å². The fourth-order valence-corrected chi connectivity index (χ4v) is 2.88. The number of nitrogens with zero attached hydrogens (tertiary/aromatic N) is 1. The minimum absolute atomic E-state index is 0.163. The lowest BCUT2D eigenvalue weighted by atomic mass is 10.2. The number of hydrogen-bond donors (Lipinski definition) is 1. The van der Waals surface area contributed by atoms with Crippen LogP contribution in [0, 0.1) is 0 Å². The van der Waals surface area contributed by atoms with Crippen molar-refractivity contribution in [2.75, 3.05) is 13.6 Å². The van der Waals surface area contributed by atoms with Crippen molar-refractivity contribution in [3.05, 3.63) is 35.9 Å². The van der Waals surface area contributed by atoms with Crippen LogP contribution in [0.3, 0.4) is 0 Å². The summed E-state index contributed by atoms with van der Waals surface area (Å²) in [6, 6.07) is 6.20. The van der Waals surface area contributed by atoms with Crippen LogP contribution in [0.2, 0.25) is 0 Å². The van der Waals surface area contributed by atoms with Crippen LogP contribution in [0.15, 0.2) is 35.2 Å². The van der Waals surface area contributed by atoms with E-state index in [-0.39, 0.29) is 4.90 Å². The van der Waals surface area contributed by atoms with E-state index >= 15 is 0 Å². The third-order valence-corrected chi connectivity index (χ3v) is 4.38. The highest BCUT2D eigenvalue weighted by Gasteiger charge is 2.19. The molecule has 0 amide bonds. The predicted molar refractivity (Wildman–Crippen MR) is 73.2 cm³/mol. The number of benzene rings is 1. The van der Waals surface area contributed by atoms with Crippen molar-refractivity contribution < 1.29 is 18.3 Å². The molecule has 19 heavy (non-hydrogen) atoms. The van der Waals surface area contributed by atoms with Gasteiger partial charge < -0.3 is 5.11 Å². The third kappa shape index (κ3) is 4.18. The number of carboxylic acids is 1. The third-order valence-electron chi connectivity index (χ3n) is 2.52. The number of hydrogen-bond acceptors (Lipinski definition) is 3. The molecule has 104 valence electrons. The van der Waals surface area contributed by atoms with Gasteiger partial charge in [0.15, 0.2) is 0 Å². The molecule has 0 spiro atoms. The molecule has 1 aromatic carbocycles. The first-order chi connectivity index (χ1) is 8.87. The first-order valence-electron chi connectivity index (χ1n) is 5.85. The zero-order valence-corrected chi connectivity index (χ0v) is 11.7. The number of carboxylic acid groups (broad SMARTS) is 1. The van der Waals surface area contributed by atoms with Crippen molar-refractivity contribution in [2.45, 2.75) is 18.2 Å². The molecule has 6 heteroatoms. The Bertz CT molecular complexity index is 578. The SMILES string of the molecule is CCCN(C)S(=O)(=O)c1cccc(C=CC(=O)O)c1. The monoisotopic (exact) mass is 283 g/mol. The molecule has 0 radical (unpaired) electrons. The van der Waals surface area contributed by atoms with Gasteiger partial charge in [-0.1, -0.05) is 19.1 Å². The Morgan fingerprint density at radius 1 is 1.42 bits per heavy atom. The van der Waals surface area contributed by atoms with E-state index in [0.717, 1.165) is 12.5 Å². The fourth-order valence-electron chi connectivity index (χ4n) is 1.56. The average molecular weight is 283 g/mol. The molecule has 5 nitrogen and oxygen atoms in total. The molecule has 0 aromatic heterocycles. The number of sulfonamides is 1. The first kappa shape index (κ1) is 15.4. The summed E-state index contributed by atoms with van der Waals surface area (Å²) < 4.78 is 25.7. The highest BCUT2D eigenvalue weighted by Crippen LogP contribution is 2.17. The van der Waals surface area contributed by atoms with Gasteiger partial charge in [-0.2, -0.15) is 0 Å². The Labute approximate surface area is 113 Å². The van der Waals surface area contributed by atoms with Crippen molar-refractivity contribution in [3.8, 4) is 0 Å². The molecule has 0 unspecified atom stereocenters. The standard InChI is InChI=1S/C13H17NO4S/c1-3-9-14(2)19(17,18)12-6-4-5-11(10-12)7-8-13(15)16/h4-8,10H,3,9H2,1-2H3,(H,15,16). The quantitative estimate of drug-likeness (QED) is 0.808. The van der Waals surface area contributed by atoms with Crippen molar-refractivity contribution in [3.63, 3.8) is 0 Å². The van der Waals surface area contributed by atoms with Gasteiger partial charge in [-0.3, -0.25) is 0 Å². The van der Waals surface area contributed by atoms with Crippen LogP contribution in [0.5, 0.6) is 0 Å². The zero-order valence-electron chi connectivity index (χ0n) is 10.9. The van der Waals surface area contributed by atoms with Gasteiger partial charge in [0.05, 0.1) is 4.90 Å². The van der Waals surface area contributed by atoms with E-state index in [4.69, 9.17) is 5.11 Å². The summed E-state index contributed by atoms with van der Waals surface area (Å²) >= 11 is 0. The Kier molecular flexibility index (Phi) is 5.26. The van der Waals surface area contributed by atoms with E-state index in [9.17, 15) is 13.2 Å². The number of aliphatic carboxylic acids is 1. The summed E-state index contributed by atoms with van der Waals surface area (Å²) in [7, 11) is -1.98. The fraction of sp³-hybridized carbons (Fsp3) is 0.308. The van der Waals surface area contributed by atoms with Gasteiger partial charge in [-0.15, -0.1) is 0 Å². The molecular weight excluding hydrogens is 266 g/mol. The Morgan fingerprint density at radius 3 is 2.68 bits per heavy atom. The molecule has 0 fully saturated rings. The van der Waals surface area contributed by atoms with Crippen LogP contribution < -0.4 is 0 Å². The Morgan fingerprint density at radius 2 is 2.11 bits per heavy atom. The minimum atomic E-state index is -3.51. The molecule has 1 N–H and O–H groups in total. The molecule has 1 aromatic rings. The molecule has 0 bridgehead atoms. The summed E-state index contributed by atoms with van der Waals surface area (Å²) in [6.07, 6.45) is 3.07. The Balaban J connectivity index is 3.08. The second-order valence-corrected chi connectivity index (χ2v) is 6.12. The summed E-state index contributed by atoms with van der Waals surface area (Å²) in [5.41, 5.74) is 0.536. The lowest BCUT2D eigenvalue weighted by Gasteiger charge is -2.16. The molecule has 1 rings (SSSR count). The van der Waals surface area contributed by atoms with E-state index in [1.54, 1.807) is 12.1 Å². The van der Waals surface area contributed by atoms with Crippen LogP contribution in [-0.2, 0) is 14.8 Å². The normalized spacial score (nSPS) is 12.2. The predicted octanol–water partition coefficient (Wildman–Crippen LogP) is 1.81. The maximum atomic E-state index is 12.2. The molecular formula is C13H17NO4S. The lowest BCUT2D eigenvalue weighted by molar-refractivity contribution is -0.131. The van der Waals surface area contributed by atoms with Crippen LogP contribution in [0.25, 0.3) is 6.08 Å². The van der Waals surface area contributed by atoms with E-state index in [1.807, 2.05) is 6.92 Å². The Hall–Kier alpha value is -1.66. The van der Waals surface area contributed by atoms with Crippen LogP contribution in [0.1, 0.15) is 18.9 Å². The van der Waals surface area contributed by atoms with Gasteiger partial charge in [0.1, 0.15) is 0 Å². The summed E-state index contributed by atoms with van der Waals surface area (Å²) in [6.45, 7) is 2.34. The molecule has 0 saturated heterocycles. The molecule has 0 aliphatic rings. The molecule has 0 saturated carbocycles. The summed E-state index contributed by atoms with van der Waals surface area (Å²) in [4.78, 5) is 10.6. The molecule has 0 aliphatic carbocycles. The van der Waals surface area contributed by atoms with Gasteiger partial charge in [0, 0.05) is 19.7 Å². The van der Waals surface area contributed by atoms with Crippen molar-refractivity contribution in [2.24, 2.45) is 0 Å². The van der Waals surface area contributed by atoms with E-state index in [2.05, 4.69) is 0 Å². The summed E-state index contributed by atoms with van der Waals surface area (Å²) in [5.74, 6) is -1.07. The average Bonchev–Trinajstić information content (AvgIpc) is 2.37. The molecule has 0 atom stereocenters. The second-order valence-electron chi connectivity index (χ2n) is 4.07. The lowest BCUT2D eigenvalue weighted by Crippen LogP contribution is -2.27. The topological polar surface area (TPSA) is 74.7 Å². The molecule has 0 heterocycles. The van der Waals surface area contributed by atoms with Gasteiger partial charge in [-0.25, -0.2) is 17.5 Å². The van der Waals surface area contributed by atoms with Gasteiger partial charge in [0.2, 0.25) is 10.0 Å². The van der Waals surface area contributed by atoms with Crippen LogP contribution in [0.4, 0.5) is 0 Å². The number of carbonyl (C=O) groups is 1. The zero-order chi connectivity index (χ0) is 14.5. The smallest absolute Gasteiger partial charge is 0.328 e. The highest BCUT2D eigenvalue weighted by molar-refractivity contribution is 7.89. The van der Waals surface area contributed by atoms with E-state index < -0.39 is 16.0 Å².